The quantitative estimate of drug-likeness (QED) is 0.327. The molecule has 7 rings (SSSR count). The Labute approximate surface area is 239 Å². The van der Waals surface area contributed by atoms with Crippen LogP contribution in [0.4, 0.5) is 0 Å². The van der Waals surface area contributed by atoms with Gasteiger partial charge in [0.1, 0.15) is 17.0 Å². The number of aromatic nitrogens is 3. The van der Waals surface area contributed by atoms with Crippen molar-refractivity contribution in [2.24, 2.45) is 0 Å². The monoisotopic (exact) mass is 576 g/mol. The fourth-order valence-corrected chi connectivity index (χ4v) is 6.70. The largest absolute Gasteiger partial charge is 0.494 e. The number of benzene rings is 3. The summed E-state index contributed by atoms with van der Waals surface area (Å²) in [5.74, 6) is 0.325. The van der Waals surface area contributed by atoms with E-state index in [-0.39, 0.29) is 38.0 Å². The minimum Gasteiger partial charge on any atom is -0.494 e. The van der Waals surface area contributed by atoms with Crippen LogP contribution in [0, 0.1) is 13.8 Å². The van der Waals surface area contributed by atoms with Gasteiger partial charge in [-0.3, -0.25) is 4.79 Å². The van der Waals surface area contributed by atoms with Gasteiger partial charge in [-0.15, -0.1) is 5.10 Å². The fourth-order valence-electron chi connectivity index (χ4n) is 5.61. The average Bonchev–Trinajstić information content (AvgIpc) is 3.35. The number of aryl methyl sites for hydroxylation is 3. The fraction of sp³-hybridized carbons (Fsp3) is 0.367. The van der Waals surface area contributed by atoms with E-state index >= 15 is 0 Å². The summed E-state index contributed by atoms with van der Waals surface area (Å²) in [6.07, 6.45) is 0.833. The standard InChI is InChI=1S/C30H32N4O6S/c1-4-38-29(35)16-26-21-7-6-19(2)22(14-21)17-33-18-23-15-24(8-11-28(23)40-41(33,36)37)39-13-5-12-34-27-10-9-25(26)20(3)30(27)31-32-34/h6-11,14-15,26H,4-5,12-13,16-18H2,1-3H3. The molecule has 3 aromatic carbocycles. The Morgan fingerprint density at radius 3 is 2.73 bits per heavy atom. The molecule has 2 atom stereocenters. The molecule has 11 heteroatoms. The van der Waals surface area contributed by atoms with Crippen LogP contribution in [0.25, 0.3) is 11.0 Å². The molecule has 3 aliphatic rings. The molecule has 0 radical (unpaired) electrons. The van der Waals surface area contributed by atoms with Crippen molar-refractivity contribution in [3.63, 3.8) is 0 Å². The van der Waals surface area contributed by atoms with Crippen LogP contribution < -0.4 is 8.92 Å². The third-order valence-corrected chi connectivity index (χ3v) is 9.11. The molecule has 1 aromatic heterocycles. The van der Waals surface area contributed by atoms with Crippen molar-refractivity contribution >= 4 is 27.3 Å². The van der Waals surface area contributed by atoms with E-state index in [9.17, 15) is 13.2 Å². The second-order valence-electron chi connectivity index (χ2n) is 10.5. The van der Waals surface area contributed by atoms with E-state index in [0.29, 0.717) is 31.1 Å². The molecule has 0 fully saturated rings. The lowest BCUT2D eigenvalue weighted by molar-refractivity contribution is -0.143. The maximum Gasteiger partial charge on any atom is 0.385 e. The first-order chi connectivity index (χ1) is 19.7. The first-order valence-corrected chi connectivity index (χ1v) is 15.1. The highest BCUT2D eigenvalue weighted by molar-refractivity contribution is 7.84. The normalized spacial score (nSPS) is 19.7. The van der Waals surface area contributed by atoms with Crippen LogP contribution in [0.15, 0.2) is 48.5 Å². The van der Waals surface area contributed by atoms with Crippen LogP contribution >= 0.6 is 0 Å². The van der Waals surface area contributed by atoms with Gasteiger partial charge in [0.05, 0.1) is 25.2 Å². The van der Waals surface area contributed by atoms with Gasteiger partial charge < -0.3 is 13.7 Å². The minimum atomic E-state index is -4.01. The highest BCUT2D eigenvalue weighted by Crippen LogP contribution is 2.37. The highest BCUT2D eigenvalue weighted by atomic mass is 32.2. The first kappa shape index (κ1) is 27.2. The van der Waals surface area contributed by atoms with Gasteiger partial charge in [0, 0.05) is 37.5 Å². The number of esters is 1. The number of ether oxygens (including phenoxy) is 2. The van der Waals surface area contributed by atoms with Gasteiger partial charge in [-0.1, -0.05) is 29.5 Å². The van der Waals surface area contributed by atoms with Crippen LogP contribution in [0.1, 0.15) is 59.1 Å². The van der Waals surface area contributed by atoms with E-state index in [2.05, 4.69) is 10.3 Å². The zero-order valence-corrected chi connectivity index (χ0v) is 24.1. The Kier molecular flexibility index (Phi) is 7.16. The molecule has 0 aliphatic carbocycles. The maximum atomic E-state index is 13.1. The second kappa shape index (κ2) is 10.8. The van der Waals surface area contributed by atoms with Crippen molar-refractivity contribution in [1.29, 1.82) is 0 Å². The van der Waals surface area contributed by atoms with E-state index in [0.717, 1.165) is 44.4 Å². The van der Waals surface area contributed by atoms with Gasteiger partial charge in [-0.05, 0) is 72.9 Å². The zero-order chi connectivity index (χ0) is 28.7. The Hall–Kier alpha value is -3.96. The number of carbonyl (C=O) groups excluding carboxylic acids is 1. The van der Waals surface area contributed by atoms with Crippen molar-refractivity contribution < 1.29 is 26.9 Å². The van der Waals surface area contributed by atoms with Crippen molar-refractivity contribution in [2.45, 2.75) is 59.2 Å². The van der Waals surface area contributed by atoms with Crippen LogP contribution in [-0.4, -0.2) is 46.9 Å². The molecule has 0 spiro atoms. The third kappa shape index (κ3) is 5.27. The Morgan fingerprint density at radius 1 is 1.07 bits per heavy atom. The summed E-state index contributed by atoms with van der Waals surface area (Å²) < 4.78 is 46.3. The van der Waals surface area contributed by atoms with Crippen LogP contribution in [0.5, 0.6) is 11.5 Å². The molecule has 10 nitrogen and oxygen atoms in total. The molecule has 0 saturated carbocycles. The van der Waals surface area contributed by atoms with E-state index in [1.54, 1.807) is 19.1 Å². The summed E-state index contributed by atoms with van der Waals surface area (Å²) in [6, 6.07) is 15.2. The van der Waals surface area contributed by atoms with E-state index < -0.39 is 10.3 Å². The van der Waals surface area contributed by atoms with E-state index in [1.165, 1.54) is 4.31 Å². The smallest absolute Gasteiger partial charge is 0.385 e. The van der Waals surface area contributed by atoms with Crippen molar-refractivity contribution in [1.82, 2.24) is 19.3 Å². The zero-order valence-electron chi connectivity index (χ0n) is 23.3. The molecule has 2 unspecified atom stereocenters. The van der Waals surface area contributed by atoms with Crippen molar-refractivity contribution in [3.05, 3.63) is 81.9 Å². The summed E-state index contributed by atoms with van der Waals surface area (Å²) in [7, 11) is -4.01. The average molecular weight is 577 g/mol. The molecule has 0 N–H and O–H groups in total. The predicted molar refractivity (Wildman–Crippen MR) is 152 cm³/mol. The van der Waals surface area contributed by atoms with E-state index in [4.69, 9.17) is 13.7 Å². The molecule has 214 valence electrons. The number of hydrogen-bond acceptors (Lipinski definition) is 8. The van der Waals surface area contributed by atoms with Gasteiger partial charge in [-0.2, -0.15) is 12.7 Å². The summed E-state index contributed by atoms with van der Waals surface area (Å²) in [6.45, 7) is 7.36. The number of rotatable bonds is 3. The summed E-state index contributed by atoms with van der Waals surface area (Å²) >= 11 is 0. The molecule has 9 bridgehead atoms. The predicted octanol–water partition coefficient (Wildman–Crippen LogP) is 4.56. The Morgan fingerprint density at radius 2 is 1.90 bits per heavy atom. The summed E-state index contributed by atoms with van der Waals surface area (Å²) in [4.78, 5) is 12.8. The number of nitrogens with zero attached hydrogens (tertiary/aromatic N) is 4. The second-order valence-corrected chi connectivity index (χ2v) is 12.0. The van der Waals surface area contributed by atoms with Crippen LogP contribution in [0.2, 0.25) is 0 Å². The lowest BCUT2D eigenvalue weighted by atomic mass is 9.84. The number of hydrogen-bond donors (Lipinski definition) is 0. The maximum absolute atomic E-state index is 13.1. The van der Waals surface area contributed by atoms with Gasteiger partial charge in [0.25, 0.3) is 0 Å². The Bertz CT molecular complexity index is 1750. The SMILES string of the molecule is CCOC(=O)CC1c2ccc(C)c(c2)CN2Cc3cc(ccc3OS2(=O)=O)OCCCn2nnc3c(C)c1ccc32. The molecular formula is C30H32N4O6S. The van der Waals surface area contributed by atoms with E-state index in [1.807, 2.05) is 54.9 Å². The molecule has 4 aromatic rings. The number of carbonyl (C=O) groups is 1. The minimum absolute atomic E-state index is 0.116. The summed E-state index contributed by atoms with van der Waals surface area (Å²) in [5, 5.41) is 8.90. The van der Waals surface area contributed by atoms with Gasteiger partial charge in [0.2, 0.25) is 0 Å². The van der Waals surface area contributed by atoms with Crippen LogP contribution in [0.3, 0.4) is 0 Å². The third-order valence-electron chi connectivity index (χ3n) is 7.83. The molecule has 4 heterocycles. The first-order valence-electron chi connectivity index (χ1n) is 13.8. The lowest BCUT2D eigenvalue weighted by Gasteiger charge is -2.29. The van der Waals surface area contributed by atoms with Crippen molar-refractivity contribution in [2.75, 3.05) is 13.2 Å². The van der Waals surface area contributed by atoms with Crippen molar-refractivity contribution in [3.8, 4) is 11.5 Å². The Balaban J connectivity index is 1.49. The molecule has 0 amide bonds. The van der Waals surface area contributed by atoms with Crippen LogP contribution in [-0.2, 0) is 39.5 Å². The molecule has 0 saturated heterocycles. The topological polar surface area (TPSA) is 113 Å². The van der Waals surface area contributed by atoms with Gasteiger partial charge >= 0.3 is 16.3 Å². The highest BCUT2D eigenvalue weighted by Gasteiger charge is 2.33. The molecular weight excluding hydrogens is 544 g/mol. The lowest BCUT2D eigenvalue weighted by Crippen LogP contribution is -2.37. The molecule has 3 aliphatic heterocycles. The van der Waals surface area contributed by atoms with Gasteiger partial charge in [-0.25, -0.2) is 4.68 Å². The number of fused-ring (bicyclic) bond motifs is 4. The summed E-state index contributed by atoms with van der Waals surface area (Å²) in [5.41, 5.74) is 6.96. The molecule has 41 heavy (non-hydrogen) atoms. The van der Waals surface area contributed by atoms with Gasteiger partial charge in [0.15, 0.2) is 0 Å².